The third kappa shape index (κ3) is 2.11. The van der Waals surface area contributed by atoms with Gasteiger partial charge in [0, 0.05) is 18.1 Å². The van der Waals surface area contributed by atoms with Crippen LogP contribution in [0, 0.1) is 0 Å². The molecule has 2 saturated heterocycles. The van der Waals surface area contributed by atoms with Gasteiger partial charge in [-0.05, 0) is 51.6 Å². The Kier molecular flexibility index (Phi) is 2.80. The van der Waals surface area contributed by atoms with Crippen molar-refractivity contribution in [2.75, 3.05) is 13.1 Å². The van der Waals surface area contributed by atoms with Crippen molar-refractivity contribution in [1.82, 2.24) is 10.2 Å². The standard InChI is InChI=1S/C13H22N2/c1-2-5-11(4-1)14-12-7-9-15-8-3-6-13(15)10-12/h1-2,11-14H,3-10H2. The molecule has 2 atom stereocenters. The van der Waals surface area contributed by atoms with Gasteiger partial charge in [-0.1, -0.05) is 12.2 Å². The van der Waals surface area contributed by atoms with E-state index in [1.54, 1.807) is 0 Å². The van der Waals surface area contributed by atoms with E-state index in [1.165, 1.54) is 51.6 Å². The largest absolute Gasteiger partial charge is 0.311 e. The summed E-state index contributed by atoms with van der Waals surface area (Å²) in [6.07, 6.45) is 12.8. The highest BCUT2D eigenvalue weighted by Crippen LogP contribution is 2.27. The SMILES string of the molecule is C1=CCC(NC2CCN3CCCC3C2)C1. The van der Waals surface area contributed by atoms with Crippen LogP contribution >= 0.6 is 0 Å². The van der Waals surface area contributed by atoms with E-state index in [2.05, 4.69) is 22.4 Å². The van der Waals surface area contributed by atoms with Gasteiger partial charge in [-0.25, -0.2) is 0 Å². The molecular formula is C13H22N2. The fourth-order valence-corrected chi connectivity index (χ4v) is 3.46. The van der Waals surface area contributed by atoms with Crippen LogP contribution in [0.25, 0.3) is 0 Å². The molecule has 2 heteroatoms. The molecule has 2 unspecified atom stereocenters. The van der Waals surface area contributed by atoms with Gasteiger partial charge in [0.05, 0.1) is 0 Å². The van der Waals surface area contributed by atoms with Crippen molar-refractivity contribution in [1.29, 1.82) is 0 Å². The molecule has 84 valence electrons. The quantitative estimate of drug-likeness (QED) is 0.694. The third-order valence-corrected chi connectivity index (χ3v) is 4.30. The Labute approximate surface area is 92.7 Å². The molecule has 0 bridgehead atoms. The van der Waals surface area contributed by atoms with Crippen LogP contribution in [0.2, 0.25) is 0 Å². The lowest BCUT2D eigenvalue weighted by atomic mass is 9.96. The first kappa shape index (κ1) is 9.86. The number of hydrogen-bond acceptors (Lipinski definition) is 2. The van der Waals surface area contributed by atoms with E-state index in [1.807, 2.05) is 0 Å². The zero-order valence-corrected chi connectivity index (χ0v) is 9.49. The molecule has 2 heterocycles. The summed E-state index contributed by atoms with van der Waals surface area (Å²) >= 11 is 0. The molecule has 1 N–H and O–H groups in total. The van der Waals surface area contributed by atoms with E-state index >= 15 is 0 Å². The second kappa shape index (κ2) is 4.26. The minimum absolute atomic E-state index is 0.753. The van der Waals surface area contributed by atoms with E-state index in [0.29, 0.717) is 0 Å². The van der Waals surface area contributed by atoms with Gasteiger partial charge in [0.2, 0.25) is 0 Å². The minimum Gasteiger partial charge on any atom is -0.311 e. The Hall–Kier alpha value is -0.340. The number of nitrogens with one attached hydrogen (secondary N) is 1. The molecule has 2 fully saturated rings. The zero-order valence-electron chi connectivity index (χ0n) is 9.49. The molecule has 3 aliphatic rings. The fraction of sp³-hybridized carbons (Fsp3) is 0.846. The molecule has 0 amide bonds. The normalized spacial score (nSPS) is 37.3. The van der Waals surface area contributed by atoms with Gasteiger partial charge in [-0.2, -0.15) is 0 Å². The number of rotatable bonds is 2. The molecule has 0 radical (unpaired) electrons. The highest BCUT2D eigenvalue weighted by atomic mass is 15.2. The lowest BCUT2D eigenvalue weighted by Crippen LogP contribution is -2.48. The summed E-state index contributed by atoms with van der Waals surface area (Å²) in [6.45, 7) is 2.70. The van der Waals surface area contributed by atoms with Gasteiger partial charge in [0.1, 0.15) is 0 Å². The molecular weight excluding hydrogens is 184 g/mol. The van der Waals surface area contributed by atoms with Crippen molar-refractivity contribution < 1.29 is 0 Å². The number of nitrogens with zero attached hydrogens (tertiary/aromatic N) is 1. The monoisotopic (exact) mass is 206 g/mol. The molecule has 0 aromatic heterocycles. The third-order valence-electron chi connectivity index (χ3n) is 4.30. The highest BCUT2D eigenvalue weighted by molar-refractivity contribution is 5.00. The van der Waals surface area contributed by atoms with Crippen LogP contribution < -0.4 is 5.32 Å². The van der Waals surface area contributed by atoms with Crippen LogP contribution in [0.1, 0.15) is 38.5 Å². The number of fused-ring (bicyclic) bond motifs is 1. The van der Waals surface area contributed by atoms with Crippen molar-refractivity contribution in [3.63, 3.8) is 0 Å². The van der Waals surface area contributed by atoms with Gasteiger partial charge >= 0.3 is 0 Å². The Morgan fingerprint density at radius 2 is 1.87 bits per heavy atom. The second-order valence-electron chi connectivity index (χ2n) is 5.36. The number of hydrogen-bond donors (Lipinski definition) is 1. The smallest absolute Gasteiger partial charge is 0.0139 e. The van der Waals surface area contributed by atoms with Gasteiger partial charge in [-0.15, -0.1) is 0 Å². The van der Waals surface area contributed by atoms with Gasteiger partial charge in [-0.3, -0.25) is 0 Å². The van der Waals surface area contributed by atoms with Crippen molar-refractivity contribution in [2.24, 2.45) is 0 Å². The van der Waals surface area contributed by atoms with Crippen molar-refractivity contribution in [3.05, 3.63) is 12.2 Å². The van der Waals surface area contributed by atoms with E-state index in [9.17, 15) is 0 Å². The highest BCUT2D eigenvalue weighted by Gasteiger charge is 2.32. The van der Waals surface area contributed by atoms with Crippen molar-refractivity contribution in [3.8, 4) is 0 Å². The predicted molar refractivity (Wildman–Crippen MR) is 62.9 cm³/mol. The van der Waals surface area contributed by atoms with Crippen LogP contribution in [-0.2, 0) is 0 Å². The van der Waals surface area contributed by atoms with E-state index in [-0.39, 0.29) is 0 Å². The Morgan fingerprint density at radius 3 is 2.73 bits per heavy atom. The summed E-state index contributed by atoms with van der Waals surface area (Å²) in [5, 5.41) is 3.84. The first-order chi connectivity index (χ1) is 7.42. The van der Waals surface area contributed by atoms with Gasteiger partial charge in [0.25, 0.3) is 0 Å². The van der Waals surface area contributed by atoms with Crippen LogP contribution in [0.15, 0.2) is 12.2 Å². The van der Waals surface area contributed by atoms with Crippen molar-refractivity contribution >= 4 is 0 Å². The van der Waals surface area contributed by atoms with Crippen LogP contribution in [0.4, 0.5) is 0 Å². The molecule has 2 aliphatic heterocycles. The molecule has 15 heavy (non-hydrogen) atoms. The lowest BCUT2D eigenvalue weighted by molar-refractivity contribution is 0.161. The molecule has 0 saturated carbocycles. The summed E-state index contributed by atoms with van der Waals surface area (Å²) in [5.74, 6) is 0. The Morgan fingerprint density at radius 1 is 1.00 bits per heavy atom. The molecule has 2 nitrogen and oxygen atoms in total. The average Bonchev–Trinajstić information content (AvgIpc) is 2.87. The summed E-state index contributed by atoms with van der Waals surface area (Å²) < 4.78 is 0. The van der Waals surface area contributed by atoms with E-state index in [0.717, 1.165) is 18.1 Å². The van der Waals surface area contributed by atoms with Crippen molar-refractivity contribution in [2.45, 2.75) is 56.7 Å². The summed E-state index contributed by atoms with van der Waals surface area (Å²) in [4.78, 5) is 2.70. The maximum atomic E-state index is 3.84. The van der Waals surface area contributed by atoms with Gasteiger partial charge < -0.3 is 10.2 Å². The Bertz CT molecular complexity index is 239. The maximum Gasteiger partial charge on any atom is 0.0139 e. The maximum absolute atomic E-state index is 3.84. The fourth-order valence-electron chi connectivity index (χ4n) is 3.46. The minimum atomic E-state index is 0.753. The molecule has 3 rings (SSSR count). The molecule has 0 aromatic carbocycles. The van der Waals surface area contributed by atoms with Crippen LogP contribution in [-0.4, -0.2) is 36.1 Å². The number of piperidine rings is 1. The molecule has 0 spiro atoms. The first-order valence-corrected chi connectivity index (χ1v) is 6.57. The molecule has 1 aliphatic carbocycles. The zero-order chi connectivity index (χ0) is 10.1. The van der Waals surface area contributed by atoms with E-state index < -0.39 is 0 Å². The van der Waals surface area contributed by atoms with E-state index in [4.69, 9.17) is 0 Å². The Balaban J connectivity index is 1.50. The van der Waals surface area contributed by atoms with Gasteiger partial charge in [0.15, 0.2) is 0 Å². The lowest BCUT2D eigenvalue weighted by Gasteiger charge is -2.36. The summed E-state index contributed by atoms with van der Waals surface area (Å²) in [7, 11) is 0. The summed E-state index contributed by atoms with van der Waals surface area (Å²) in [5.41, 5.74) is 0. The summed E-state index contributed by atoms with van der Waals surface area (Å²) in [6, 6.07) is 2.46. The topological polar surface area (TPSA) is 15.3 Å². The predicted octanol–water partition coefficient (Wildman–Crippen LogP) is 1.92. The average molecular weight is 206 g/mol. The van der Waals surface area contributed by atoms with Crippen LogP contribution in [0.5, 0.6) is 0 Å². The van der Waals surface area contributed by atoms with Crippen LogP contribution in [0.3, 0.4) is 0 Å². The first-order valence-electron chi connectivity index (χ1n) is 6.57. The second-order valence-corrected chi connectivity index (χ2v) is 5.36. The molecule has 0 aromatic rings.